The van der Waals surface area contributed by atoms with Gasteiger partial charge in [-0.15, -0.1) is 0 Å². The molecule has 3 nitrogen and oxygen atoms in total. The second-order valence-electron chi connectivity index (χ2n) is 12.6. The van der Waals surface area contributed by atoms with E-state index in [9.17, 15) is 10.2 Å². The Labute approximate surface area is 183 Å². The van der Waals surface area contributed by atoms with Crippen molar-refractivity contribution in [1.29, 1.82) is 0 Å². The minimum Gasteiger partial charge on any atom is -0.393 e. The van der Waals surface area contributed by atoms with Gasteiger partial charge in [-0.3, -0.25) is 0 Å². The quantitative estimate of drug-likeness (QED) is 0.451. The largest absolute Gasteiger partial charge is 0.393 e. The summed E-state index contributed by atoms with van der Waals surface area (Å²) in [6.45, 7) is 12.1. The normalized spacial score (nSPS) is 50.6. The van der Waals surface area contributed by atoms with E-state index in [1.165, 1.54) is 49.7 Å². The van der Waals surface area contributed by atoms with Crippen LogP contribution in [0, 0.1) is 34.5 Å². The minimum absolute atomic E-state index is 0.0216. The van der Waals surface area contributed by atoms with Gasteiger partial charge in [0.2, 0.25) is 0 Å². The van der Waals surface area contributed by atoms with Crippen LogP contribution in [0.5, 0.6) is 0 Å². The van der Waals surface area contributed by atoms with Crippen LogP contribution in [0.15, 0.2) is 11.1 Å². The van der Waals surface area contributed by atoms with E-state index in [1.807, 2.05) is 0 Å². The van der Waals surface area contributed by atoms with Crippen LogP contribution < -0.4 is 0 Å². The average molecular weight is 417 g/mol. The molecule has 5 aliphatic rings. The zero-order valence-electron chi connectivity index (χ0n) is 19.9. The molecule has 5 rings (SSSR count). The molecule has 1 saturated heterocycles. The highest BCUT2D eigenvalue weighted by atomic mass is 16.6. The number of rotatable bonds is 5. The van der Waals surface area contributed by atoms with Gasteiger partial charge < -0.3 is 14.9 Å². The molecule has 1 heterocycles. The van der Waals surface area contributed by atoms with Crippen LogP contribution in [0.3, 0.4) is 0 Å². The summed E-state index contributed by atoms with van der Waals surface area (Å²) in [4.78, 5) is 0. The number of hydrogen-bond acceptors (Lipinski definition) is 3. The molecule has 170 valence electrons. The monoisotopic (exact) mass is 416 g/mol. The van der Waals surface area contributed by atoms with E-state index in [0.29, 0.717) is 17.8 Å². The Morgan fingerprint density at radius 1 is 1.03 bits per heavy atom. The van der Waals surface area contributed by atoms with Crippen LogP contribution in [-0.4, -0.2) is 34.1 Å². The summed E-state index contributed by atoms with van der Waals surface area (Å²) in [6, 6.07) is 0. The summed E-state index contributed by atoms with van der Waals surface area (Å²) in [5.74, 6) is 2.89. The van der Waals surface area contributed by atoms with E-state index in [-0.39, 0.29) is 23.2 Å². The molecule has 0 aromatic heterocycles. The van der Waals surface area contributed by atoms with Gasteiger partial charge in [0.15, 0.2) is 0 Å². The number of aliphatic hydroxyl groups excluding tert-OH is 2. The predicted octanol–water partition coefficient (Wildman–Crippen LogP) is 5.63. The van der Waals surface area contributed by atoms with Gasteiger partial charge in [-0.2, -0.15) is 0 Å². The Bertz CT molecular complexity index is 728. The number of fused-ring (bicyclic) bond motifs is 3. The van der Waals surface area contributed by atoms with Gasteiger partial charge in [-0.05, 0) is 73.2 Å². The zero-order valence-corrected chi connectivity index (χ0v) is 19.9. The molecule has 4 aliphatic carbocycles. The fourth-order valence-electron chi connectivity index (χ4n) is 8.88. The van der Waals surface area contributed by atoms with Crippen LogP contribution in [0.25, 0.3) is 0 Å². The Morgan fingerprint density at radius 3 is 2.53 bits per heavy atom. The van der Waals surface area contributed by atoms with Crippen LogP contribution in [0.1, 0.15) is 98.8 Å². The molecule has 9 atom stereocenters. The first-order valence-electron chi connectivity index (χ1n) is 12.9. The molecule has 0 aromatic carbocycles. The lowest BCUT2D eigenvalue weighted by Gasteiger charge is -2.54. The molecule has 3 fully saturated rings. The number of ether oxygens (including phenoxy) is 1. The molecular formula is C27H44O3. The van der Waals surface area contributed by atoms with Crippen LogP contribution in [-0.2, 0) is 4.74 Å². The van der Waals surface area contributed by atoms with Crippen LogP contribution in [0.4, 0.5) is 0 Å². The Morgan fingerprint density at radius 2 is 1.80 bits per heavy atom. The summed E-state index contributed by atoms with van der Waals surface area (Å²) in [5.41, 5.74) is 2.98. The maximum absolute atomic E-state index is 11.5. The third-order valence-corrected chi connectivity index (χ3v) is 10.6. The highest BCUT2D eigenvalue weighted by Crippen LogP contribution is 2.72. The molecule has 3 heteroatoms. The Kier molecular flexibility index (Phi) is 5.05. The molecule has 1 aliphatic heterocycles. The average Bonchev–Trinajstić information content (AvgIpc) is 3.29. The van der Waals surface area contributed by atoms with Crippen LogP contribution >= 0.6 is 0 Å². The number of hydrogen-bond donors (Lipinski definition) is 2. The van der Waals surface area contributed by atoms with E-state index in [2.05, 4.69) is 34.6 Å². The summed E-state index contributed by atoms with van der Waals surface area (Å²) in [5, 5.41) is 21.8. The lowest BCUT2D eigenvalue weighted by Crippen LogP contribution is -2.55. The topological polar surface area (TPSA) is 53.0 Å². The van der Waals surface area contributed by atoms with E-state index in [4.69, 9.17) is 4.74 Å². The van der Waals surface area contributed by atoms with Crippen molar-refractivity contribution in [2.75, 3.05) is 0 Å². The lowest BCUT2D eigenvalue weighted by molar-refractivity contribution is -0.00158. The highest BCUT2D eigenvalue weighted by molar-refractivity contribution is 5.45. The fourth-order valence-corrected chi connectivity index (χ4v) is 8.88. The van der Waals surface area contributed by atoms with Crippen molar-refractivity contribution in [3.63, 3.8) is 0 Å². The summed E-state index contributed by atoms with van der Waals surface area (Å²) in [7, 11) is 0. The molecule has 2 N–H and O–H groups in total. The van der Waals surface area contributed by atoms with Crippen molar-refractivity contribution in [2.45, 2.75) is 123 Å². The standard InChI is InChI=1S/C27H44O3/c1-16(2)7-6-8-17(3)19-9-10-20-22-21(12-13-25(19,20)4)26(5)14-11-18(28)15-27(26)24(30-27)23(22)29/h16-20,23-24,28-29H,6-15H2,1-5H3. The first-order chi connectivity index (χ1) is 14.1. The van der Waals surface area contributed by atoms with E-state index in [1.54, 1.807) is 0 Å². The van der Waals surface area contributed by atoms with Gasteiger partial charge in [-0.25, -0.2) is 0 Å². The maximum atomic E-state index is 11.5. The Balaban J connectivity index is 1.42. The van der Waals surface area contributed by atoms with Crippen molar-refractivity contribution >= 4 is 0 Å². The molecule has 0 bridgehead atoms. The lowest BCUT2D eigenvalue weighted by atomic mass is 9.49. The zero-order chi connectivity index (χ0) is 21.5. The molecule has 0 aromatic rings. The third-order valence-electron chi connectivity index (χ3n) is 10.6. The van der Waals surface area contributed by atoms with Crippen molar-refractivity contribution in [1.82, 2.24) is 0 Å². The highest BCUT2D eigenvalue weighted by Gasteiger charge is 2.76. The first kappa shape index (κ1) is 21.5. The van der Waals surface area contributed by atoms with E-state index in [0.717, 1.165) is 37.0 Å². The number of aliphatic hydroxyl groups is 2. The molecule has 30 heavy (non-hydrogen) atoms. The minimum atomic E-state index is -0.446. The summed E-state index contributed by atoms with van der Waals surface area (Å²) < 4.78 is 6.33. The van der Waals surface area contributed by atoms with E-state index < -0.39 is 6.10 Å². The SMILES string of the molecule is CC(C)CCCC(C)C1CCC2C3=C(CCC21C)C1(C)CCC(O)CC12OC2C3O. The summed E-state index contributed by atoms with van der Waals surface area (Å²) >= 11 is 0. The van der Waals surface area contributed by atoms with E-state index >= 15 is 0 Å². The molecule has 9 unspecified atom stereocenters. The molecule has 0 amide bonds. The van der Waals surface area contributed by atoms with Gasteiger partial charge in [-0.1, -0.05) is 59.5 Å². The number of epoxide rings is 1. The van der Waals surface area contributed by atoms with Crippen molar-refractivity contribution in [3.05, 3.63) is 11.1 Å². The van der Waals surface area contributed by atoms with Crippen LogP contribution in [0.2, 0.25) is 0 Å². The second-order valence-corrected chi connectivity index (χ2v) is 12.6. The fraction of sp³-hybridized carbons (Fsp3) is 0.926. The Hall–Kier alpha value is -0.380. The second kappa shape index (κ2) is 7.06. The van der Waals surface area contributed by atoms with Gasteiger partial charge in [0.1, 0.15) is 17.8 Å². The van der Waals surface area contributed by atoms with Crippen molar-refractivity contribution in [3.8, 4) is 0 Å². The van der Waals surface area contributed by atoms with Crippen molar-refractivity contribution in [2.24, 2.45) is 34.5 Å². The maximum Gasteiger partial charge on any atom is 0.118 e. The molecule has 2 saturated carbocycles. The molecule has 0 radical (unpaired) electrons. The van der Waals surface area contributed by atoms with Gasteiger partial charge in [0.05, 0.1) is 6.10 Å². The van der Waals surface area contributed by atoms with Gasteiger partial charge >= 0.3 is 0 Å². The molecular weight excluding hydrogens is 372 g/mol. The van der Waals surface area contributed by atoms with Gasteiger partial charge in [0, 0.05) is 11.8 Å². The summed E-state index contributed by atoms with van der Waals surface area (Å²) in [6.07, 6.45) is 10.8. The van der Waals surface area contributed by atoms with Gasteiger partial charge in [0.25, 0.3) is 0 Å². The first-order valence-corrected chi connectivity index (χ1v) is 12.9. The third kappa shape index (κ3) is 2.80. The van der Waals surface area contributed by atoms with Crippen molar-refractivity contribution < 1.29 is 14.9 Å². The smallest absolute Gasteiger partial charge is 0.118 e. The molecule has 1 spiro atoms. The predicted molar refractivity (Wildman–Crippen MR) is 120 cm³/mol.